The molecule has 0 saturated carbocycles. The van der Waals surface area contributed by atoms with E-state index in [9.17, 15) is 4.79 Å². The molecular weight excluding hydrogens is 296 g/mol. The maximum atomic E-state index is 11.7. The van der Waals surface area contributed by atoms with E-state index >= 15 is 0 Å². The van der Waals surface area contributed by atoms with E-state index in [1.165, 1.54) is 0 Å². The van der Waals surface area contributed by atoms with E-state index in [0.717, 1.165) is 15.6 Å². The highest BCUT2D eigenvalue weighted by Crippen LogP contribution is 2.20. The van der Waals surface area contributed by atoms with Crippen LogP contribution in [0, 0.1) is 0 Å². The molecule has 5 heteroatoms. The summed E-state index contributed by atoms with van der Waals surface area (Å²) >= 11 is 1.55. The molecule has 22 heavy (non-hydrogen) atoms. The molecule has 1 amide bonds. The Morgan fingerprint density at radius 2 is 2.00 bits per heavy atom. The molecule has 1 aromatic heterocycles. The van der Waals surface area contributed by atoms with Gasteiger partial charge in [0.05, 0.1) is 6.21 Å². The van der Waals surface area contributed by atoms with E-state index in [1.807, 2.05) is 60.0 Å². The van der Waals surface area contributed by atoms with Crippen LogP contribution in [-0.4, -0.2) is 18.7 Å². The summed E-state index contributed by atoms with van der Waals surface area (Å²) < 4.78 is 5.48. The SMILES string of the molecule is O=C(COc1ccc2ccccc2c1)N/N=C/c1cccs1. The second-order valence-electron chi connectivity index (χ2n) is 4.61. The largest absolute Gasteiger partial charge is 0.484 e. The first-order valence-electron chi connectivity index (χ1n) is 6.78. The van der Waals surface area contributed by atoms with Gasteiger partial charge in [0.2, 0.25) is 0 Å². The zero-order valence-electron chi connectivity index (χ0n) is 11.7. The summed E-state index contributed by atoms with van der Waals surface area (Å²) in [6.07, 6.45) is 1.61. The number of benzene rings is 2. The second-order valence-corrected chi connectivity index (χ2v) is 5.59. The first-order valence-corrected chi connectivity index (χ1v) is 7.66. The number of hydrogen-bond acceptors (Lipinski definition) is 4. The molecule has 0 atom stereocenters. The van der Waals surface area contributed by atoms with Crippen molar-refractivity contribution in [3.05, 3.63) is 64.9 Å². The molecule has 110 valence electrons. The molecular formula is C17H14N2O2S. The second kappa shape index (κ2) is 6.87. The van der Waals surface area contributed by atoms with Crippen LogP contribution >= 0.6 is 11.3 Å². The summed E-state index contributed by atoms with van der Waals surface area (Å²) in [5, 5.41) is 8.05. The molecule has 1 heterocycles. The molecule has 0 fully saturated rings. The molecule has 0 bridgehead atoms. The lowest BCUT2D eigenvalue weighted by Crippen LogP contribution is -2.24. The average Bonchev–Trinajstić information content (AvgIpc) is 3.06. The summed E-state index contributed by atoms with van der Waals surface area (Å²) in [5.41, 5.74) is 2.44. The number of carbonyl (C=O) groups is 1. The Morgan fingerprint density at radius 3 is 2.82 bits per heavy atom. The molecule has 0 aliphatic heterocycles. The van der Waals surface area contributed by atoms with Crippen LogP contribution < -0.4 is 10.2 Å². The van der Waals surface area contributed by atoms with E-state index in [2.05, 4.69) is 10.5 Å². The minimum atomic E-state index is -0.291. The first kappa shape index (κ1) is 14.3. The van der Waals surface area contributed by atoms with Gasteiger partial charge in [-0.25, -0.2) is 5.43 Å². The van der Waals surface area contributed by atoms with Crippen molar-refractivity contribution in [2.45, 2.75) is 0 Å². The molecule has 0 spiro atoms. The number of fused-ring (bicyclic) bond motifs is 1. The van der Waals surface area contributed by atoms with Crippen molar-refractivity contribution in [3.8, 4) is 5.75 Å². The fraction of sp³-hybridized carbons (Fsp3) is 0.0588. The molecule has 0 radical (unpaired) electrons. The molecule has 0 saturated heterocycles. The highest BCUT2D eigenvalue weighted by atomic mass is 32.1. The van der Waals surface area contributed by atoms with Gasteiger partial charge in [0, 0.05) is 4.88 Å². The smallest absolute Gasteiger partial charge is 0.277 e. The van der Waals surface area contributed by atoms with Gasteiger partial charge in [-0.1, -0.05) is 36.4 Å². The Morgan fingerprint density at radius 1 is 1.14 bits per heavy atom. The summed E-state index contributed by atoms with van der Waals surface area (Å²) in [4.78, 5) is 12.6. The highest BCUT2D eigenvalue weighted by molar-refractivity contribution is 7.11. The predicted octanol–water partition coefficient (Wildman–Crippen LogP) is 3.43. The quantitative estimate of drug-likeness (QED) is 0.580. The lowest BCUT2D eigenvalue weighted by Gasteiger charge is -2.06. The van der Waals surface area contributed by atoms with Gasteiger partial charge in [0.15, 0.2) is 6.61 Å². The average molecular weight is 310 g/mol. The fourth-order valence-electron chi connectivity index (χ4n) is 1.97. The van der Waals surface area contributed by atoms with Crippen LogP contribution in [0.4, 0.5) is 0 Å². The number of rotatable bonds is 5. The number of hydrogen-bond donors (Lipinski definition) is 1. The van der Waals surface area contributed by atoms with Gasteiger partial charge >= 0.3 is 0 Å². The fourth-order valence-corrected chi connectivity index (χ4v) is 2.56. The lowest BCUT2D eigenvalue weighted by atomic mass is 10.1. The third kappa shape index (κ3) is 3.71. The third-order valence-corrected chi connectivity index (χ3v) is 3.82. The van der Waals surface area contributed by atoms with Crippen LogP contribution in [0.15, 0.2) is 65.1 Å². The minimum Gasteiger partial charge on any atom is -0.484 e. The van der Waals surface area contributed by atoms with Gasteiger partial charge in [-0.15, -0.1) is 11.3 Å². The van der Waals surface area contributed by atoms with Crippen LogP contribution in [0.2, 0.25) is 0 Å². The summed E-state index contributed by atoms with van der Waals surface area (Å²) in [5.74, 6) is 0.372. The van der Waals surface area contributed by atoms with Crippen molar-refractivity contribution in [1.29, 1.82) is 0 Å². The van der Waals surface area contributed by atoms with Crippen molar-refractivity contribution < 1.29 is 9.53 Å². The Balaban J connectivity index is 1.53. The number of ether oxygens (including phenoxy) is 1. The van der Waals surface area contributed by atoms with E-state index in [4.69, 9.17) is 4.74 Å². The topological polar surface area (TPSA) is 50.7 Å². The van der Waals surface area contributed by atoms with Crippen LogP contribution in [0.1, 0.15) is 4.88 Å². The summed E-state index contributed by atoms with van der Waals surface area (Å²) in [6.45, 7) is -0.0693. The van der Waals surface area contributed by atoms with Crippen molar-refractivity contribution in [1.82, 2.24) is 5.43 Å². The Kier molecular flexibility index (Phi) is 4.46. The molecule has 0 aliphatic carbocycles. The Labute approximate surface area is 132 Å². The van der Waals surface area contributed by atoms with E-state index in [0.29, 0.717) is 5.75 Å². The van der Waals surface area contributed by atoms with Crippen LogP contribution in [0.25, 0.3) is 10.8 Å². The van der Waals surface area contributed by atoms with Gasteiger partial charge in [0.1, 0.15) is 5.75 Å². The van der Waals surface area contributed by atoms with Crippen LogP contribution in [0.3, 0.4) is 0 Å². The Hall–Kier alpha value is -2.66. The molecule has 4 nitrogen and oxygen atoms in total. The van der Waals surface area contributed by atoms with Crippen molar-refractivity contribution in [3.63, 3.8) is 0 Å². The van der Waals surface area contributed by atoms with Crippen molar-refractivity contribution in [2.75, 3.05) is 6.61 Å². The maximum absolute atomic E-state index is 11.7. The highest BCUT2D eigenvalue weighted by Gasteiger charge is 2.02. The van der Waals surface area contributed by atoms with Gasteiger partial charge in [-0.05, 0) is 34.4 Å². The third-order valence-electron chi connectivity index (χ3n) is 3.02. The monoisotopic (exact) mass is 310 g/mol. The number of amides is 1. The number of carbonyl (C=O) groups excluding carboxylic acids is 1. The number of nitrogens with one attached hydrogen (secondary N) is 1. The van der Waals surface area contributed by atoms with Gasteiger partial charge in [0.25, 0.3) is 5.91 Å². The lowest BCUT2D eigenvalue weighted by molar-refractivity contribution is -0.123. The molecule has 2 aromatic carbocycles. The standard InChI is InChI=1S/C17H14N2O2S/c20-17(19-18-11-16-6-3-9-22-16)12-21-15-8-7-13-4-1-2-5-14(13)10-15/h1-11H,12H2,(H,19,20)/b18-11+. The van der Waals surface area contributed by atoms with E-state index in [-0.39, 0.29) is 12.5 Å². The van der Waals surface area contributed by atoms with Crippen molar-refractivity contribution in [2.24, 2.45) is 5.10 Å². The zero-order chi connectivity index (χ0) is 15.2. The maximum Gasteiger partial charge on any atom is 0.277 e. The van der Waals surface area contributed by atoms with Crippen LogP contribution in [0.5, 0.6) is 5.75 Å². The Bertz CT molecular complexity index is 797. The van der Waals surface area contributed by atoms with Crippen molar-refractivity contribution >= 4 is 34.2 Å². The molecule has 0 aliphatic rings. The van der Waals surface area contributed by atoms with E-state index in [1.54, 1.807) is 17.6 Å². The minimum absolute atomic E-state index is 0.0693. The van der Waals surface area contributed by atoms with E-state index < -0.39 is 0 Å². The molecule has 3 rings (SSSR count). The number of hydrazone groups is 1. The van der Waals surface area contributed by atoms with Gasteiger partial charge in [-0.2, -0.15) is 5.10 Å². The predicted molar refractivity (Wildman–Crippen MR) is 89.5 cm³/mol. The normalized spacial score (nSPS) is 10.9. The molecule has 1 N–H and O–H groups in total. The zero-order valence-corrected chi connectivity index (χ0v) is 12.5. The van der Waals surface area contributed by atoms with Gasteiger partial charge < -0.3 is 4.74 Å². The molecule has 3 aromatic rings. The first-order chi connectivity index (χ1) is 10.8. The van der Waals surface area contributed by atoms with Crippen LogP contribution in [-0.2, 0) is 4.79 Å². The van der Waals surface area contributed by atoms with Gasteiger partial charge in [-0.3, -0.25) is 4.79 Å². The number of nitrogens with zero attached hydrogens (tertiary/aromatic N) is 1. The molecule has 0 unspecified atom stereocenters. The summed E-state index contributed by atoms with van der Waals surface area (Å²) in [7, 11) is 0. The summed E-state index contributed by atoms with van der Waals surface area (Å²) in [6, 6.07) is 17.6. The number of thiophene rings is 1.